The summed E-state index contributed by atoms with van der Waals surface area (Å²) in [7, 11) is 1.71. The van der Waals surface area contributed by atoms with Gasteiger partial charge in [0, 0.05) is 13.5 Å². The predicted molar refractivity (Wildman–Crippen MR) is 86.7 cm³/mol. The van der Waals surface area contributed by atoms with Crippen molar-refractivity contribution in [2.24, 2.45) is 23.7 Å². The lowest BCUT2D eigenvalue weighted by Gasteiger charge is -2.39. The normalized spacial score (nSPS) is 46.6. The van der Waals surface area contributed by atoms with Gasteiger partial charge in [-0.3, -0.25) is 0 Å². The van der Waals surface area contributed by atoms with Crippen LogP contribution in [0.15, 0.2) is 0 Å². The van der Waals surface area contributed by atoms with Gasteiger partial charge in [0.1, 0.15) is 0 Å². The van der Waals surface area contributed by atoms with Crippen LogP contribution in [0.2, 0.25) is 0 Å². The third kappa shape index (κ3) is 4.44. The molecule has 0 amide bonds. The summed E-state index contributed by atoms with van der Waals surface area (Å²) in [6.45, 7) is 12.6. The summed E-state index contributed by atoms with van der Waals surface area (Å²) in [5.41, 5.74) is 0. The van der Waals surface area contributed by atoms with Gasteiger partial charge >= 0.3 is 0 Å². The molecule has 0 aromatic carbocycles. The smallest absolute Gasteiger partial charge is 0.157 e. The summed E-state index contributed by atoms with van der Waals surface area (Å²) in [6.07, 6.45) is 2.62. The van der Waals surface area contributed by atoms with Crippen LogP contribution in [0.4, 0.5) is 0 Å². The first-order valence-corrected chi connectivity index (χ1v) is 8.83. The Labute approximate surface area is 135 Å². The van der Waals surface area contributed by atoms with E-state index in [1.165, 1.54) is 0 Å². The highest BCUT2D eigenvalue weighted by molar-refractivity contribution is 4.80. The molecule has 2 rings (SSSR count). The van der Waals surface area contributed by atoms with Gasteiger partial charge in [0.05, 0.1) is 31.5 Å². The van der Waals surface area contributed by atoms with Crippen LogP contribution in [0.25, 0.3) is 0 Å². The highest BCUT2D eigenvalue weighted by atomic mass is 16.7. The fraction of sp³-hybridized carbons (Fsp3) is 1.00. The fourth-order valence-corrected chi connectivity index (χ4v) is 3.60. The molecule has 2 aliphatic heterocycles. The Bertz CT molecular complexity index is 323. The van der Waals surface area contributed by atoms with Gasteiger partial charge in [-0.25, -0.2) is 0 Å². The number of methoxy groups -OCH3 is 1. The van der Waals surface area contributed by atoms with Crippen molar-refractivity contribution < 1.29 is 18.9 Å². The van der Waals surface area contributed by atoms with Crippen LogP contribution in [-0.2, 0) is 18.9 Å². The van der Waals surface area contributed by atoms with E-state index in [4.69, 9.17) is 18.9 Å². The molecule has 2 saturated heterocycles. The van der Waals surface area contributed by atoms with E-state index in [0.29, 0.717) is 43.0 Å². The lowest BCUT2D eigenvalue weighted by atomic mass is 9.84. The molecular weight excluding hydrogens is 280 g/mol. The Morgan fingerprint density at radius 3 is 2.18 bits per heavy atom. The number of rotatable bonds is 5. The molecule has 2 unspecified atom stereocenters. The van der Waals surface area contributed by atoms with Crippen LogP contribution in [0, 0.1) is 23.7 Å². The van der Waals surface area contributed by atoms with E-state index < -0.39 is 0 Å². The Kier molecular flexibility index (Phi) is 6.69. The maximum Gasteiger partial charge on any atom is 0.157 e. The number of hydrogen-bond donors (Lipinski definition) is 0. The highest BCUT2D eigenvalue weighted by Crippen LogP contribution is 2.32. The molecule has 4 nitrogen and oxygen atoms in total. The van der Waals surface area contributed by atoms with Crippen LogP contribution in [0.3, 0.4) is 0 Å². The van der Waals surface area contributed by atoms with E-state index in [1.807, 2.05) is 0 Å². The molecule has 0 radical (unpaired) electrons. The molecule has 2 heterocycles. The van der Waals surface area contributed by atoms with Gasteiger partial charge in [0.15, 0.2) is 6.29 Å². The zero-order valence-corrected chi connectivity index (χ0v) is 15.1. The number of ether oxygens (including phenoxy) is 4. The lowest BCUT2D eigenvalue weighted by Crippen LogP contribution is -2.43. The number of hydrogen-bond acceptors (Lipinski definition) is 4. The second-order valence-electron chi connectivity index (χ2n) is 7.48. The third-order valence-corrected chi connectivity index (χ3v) is 5.90. The first-order valence-electron chi connectivity index (χ1n) is 8.83. The molecule has 0 spiro atoms. The largest absolute Gasteiger partial charge is 0.376 e. The molecule has 130 valence electrons. The minimum absolute atomic E-state index is 0.0911. The average Bonchev–Trinajstić information content (AvgIpc) is 2.48. The quantitative estimate of drug-likeness (QED) is 0.778. The van der Waals surface area contributed by atoms with Crippen LogP contribution in [0.1, 0.15) is 47.5 Å². The first-order chi connectivity index (χ1) is 10.4. The van der Waals surface area contributed by atoms with Crippen molar-refractivity contribution in [2.45, 2.75) is 72.1 Å². The Hall–Kier alpha value is -0.160. The second kappa shape index (κ2) is 8.09. The highest BCUT2D eigenvalue weighted by Gasteiger charge is 2.35. The van der Waals surface area contributed by atoms with Gasteiger partial charge in [0.25, 0.3) is 0 Å². The van der Waals surface area contributed by atoms with E-state index in [9.17, 15) is 0 Å². The van der Waals surface area contributed by atoms with Crippen LogP contribution < -0.4 is 0 Å². The van der Waals surface area contributed by atoms with Crippen LogP contribution in [-0.4, -0.2) is 44.9 Å². The van der Waals surface area contributed by atoms with Gasteiger partial charge in [-0.1, -0.05) is 27.7 Å². The lowest BCUT2D eigenvalue weighted by molar-refractivity contribution is -0.224. The van der Waals surface area contributed by atoms with Crippen molar-refractivity contribution in [3.63, 3.8) is 0 Å². The molecule has 0 bridgehead atoms. The van der Waals surface area contributed by atoms with Crippen molar-refractivity contribution in [3.05, 3.63) is 0 Å². The summed E-state index contributed by atoms with van der Waals surface area (Å²) in [6, 6.07) is 0. The minimum atomic E-state index is -0.0911. The van der Waals surface area contributed by atoms with Gasteiger partial charge in [-0.15, -0.1) is 0 Å². The maximum atomic E-state index is 6.06. The van der Waals surface area contributed by atoms with Crippen LogP contribution >= 0.6 is 0 Å². The predicted octanol–water partition coefficient (Wildman–Crippen LogP) is 3.49. The zero-order chi connectivity index (χ0) is 16.3. The average molecular weight is 314 g/mol. The van der Waals surface area contributed by atoms with E-state index in [2.05, 4.69) is 34.6 Å². The molecule has 0 aromatic rings. The van der Waals surface area contributed by atoms with Crippen molar-refractivity contribution in [3.8, 4) is 0 Å². The van der Waals surface area contributed by atoms with E-state index in [0.717, 1.165) is 12.8 Å². The topological polar surface area (TPSA) is 36.9 Å². The monoisotopic (exact) mass is 314 g/mol. The zero-order valence-electron chi connectivity index (χ0n) is 15.1. The Morgan fingerprint density at radius 1 is 0.864 bits per heavy atom. The van der Waals surface area contributed by atoms with E-state index in [-0.39, 0.29) is 18.5 Å². The molecule has 8 atom stereocenters. The van der Waals surface area contributed by atoms with Crippen molar-refractivity contribution in [2.75, 3.05) is 20.3 Å². The van der Waals surface area contributed by atoms with Crippen molar-refractivity contribution >= 4 is 0 Å². The molecule has 0 aliphatic carbocycles. The van der Waals surface area contributed by atoms with E-state index >= 15 is 0 Å². The SMILES string of the molecule is CO[C@H]1C[C@@H](C)[C@@H](C)C(COC[C@H]2C[C@@H](C)[C@@H](C)C(C)O2)O1. The summed E-state index contributed by atoms with van der Waals surface area (Å²) in [5.74, 6) is 2.41. The maximum absolute atomic E-state index is 6.06. The van der Waals surface area contributed by atoms with Crippen molar-refractivity contribution in [1.29, 1.82) is 0 Å². The van der Waals surface area contributed by atoms with Crippen molar-refractivity contribution in [1.82, 2.24) is 0 Å². The summed E-state index contributed by atoms with van der Waals surface area (Å²) >= 11 is 0. The summed E-state index contributed by atoms with van der Waals surface area (Å²) in [4.78, 5) is 0. The molecule has 4 heteroatoms. The van der Waals surface area contributed by atoms with Gasteiger partial charge in [-0.05, 0) is 37.0 Å². The Morgan fingerprint density at radius 2 is 1.55 bits per heavy atom. The molecule has 0 saturated carbocycles. The minimum Gasteiger partial charge on any atom is -0.376 e. The molecule has 2 aliphatic rings. The third-order valence-electron chi connectivity index (χ3n) is 5.90. The van der Waals surface area contributed by atoms with Gasteiger partial charge in [0.2, 0.25) is 0 Å². The van der Waals surface area contributed by atoms with E-state index in [1.54, 1.807) is 7.11 Å². The van der Waals surface area contributed by atoms with Gasteiger partial charge < -0.3 is 18.9 Å². The second-order valence-corrected chi connectivity index (χ2v) is 7.48. The standard InChI is InChI=1S/C18H34O4/c1-11-7-16(21-15(5)13(11)3)9-20-10-17-14(4)12(2)8-18(19-6)22-17/h11-18H,7-10H2,1-6H3/t11-,12-,13-,14-,15?,16-,17?,18-/m1/s1. The molecule has 2 fully saturated rings. The molecule has 0 N–H and O–H groups in total. The summed E-state index contributed by atoms with van der Waals surface area (Å²) in [5, 5.41) is 0. The fourth-order valence-electron chi connectivity index (χ4n) is 3.60. The molecule has 0 aromatic heterocycles. The van der Waals surface area contributed by atoms with Gasteiger partial charge in [-0.2, -0.15) is 0 Å². The first kappa shape index (κ1) is 18.2. The molecular formula is C18H34O4. The van der Waals surface area contributed by atoms with Crippen LogP contribution in [0.5, 0.6) is 0 Å². The Balaban J connectivity index is 1.75. The molecule has 22 heavy (non-hydrogen) atoms. The summed E-state index contributed by atoms with van der Waals surface area (Å²) < 4.78 is 23.4.